The Bertz CT molecular complexity index is 247. The third-order valence-corrected chi connectivity index (χ3v) is 4.76. The predicted molar refractivity (Wildman–Crippen MR) is 82.9 cm³/mol. The summed E-state index contributed by atoms with van der Waals surface area (Å²) in [4.78, 5) is 0. The van der Waals surface area contributed by atoms with Crippen molar-refractivity contribution in [2.24, 2.45) is 5.92 Å². The Labute approximate surface area is 118 Å². The lowest BCUT2D eigenvalue weighted by molar-refractivity contribution is 0.341. The number of nitrogens with zero attached hydrogens (tertiary/aromatic N) is 1. The van der Waals surface area contributed by atoms with Gasteiger partial charge in [-0.1, -0.05) is 27.2 Å². The summed E-state index contributed by atoms with van der Waals surface area (Å²) in [6, 6.07) is 2.86. The lowest BCUT2D eigenvalue weighted by Crippen LogP contribution is -2.47. The smallest absolute Gasteiger partial charge is 0.106 e. The van der Waals surface area contributed by atoms with Crippen LogP contribution in [-0.2, 0) is 0 Å². The van der Waals surface area contributed by atoms with E-state index in [1.165, 1.54) is 17.9 Å². The monoisotopic (exact) mass is 270 g/mol. The molecule has 3 heteroatoms. The third kappa shape index (κ3) is 7.28. The SMILES string of the molecule is CCC(C)CSCCCC(C#N)(CC)NC(C)C. The van der Waals surface area contributed by atoms with Crippen LogP contribution in [0.2, 0.25) is 0 Å². The fraction of sp³-hybridized carbons (Fsp3) is 0.933. The first-order valence-corrected chi connectivity index (χ1v) is 8.41. The second-order valence-corrected chi connectivity index (χ2v) is 6.69. The maximum atomic E-state index is 9.39. The predicted octanol–water partition coefficient (Wildman–Crippen LogP) is 4.22. The van der Waals surface area contributed by atoms with E-state index in [2.05, 4.69) is 46.0 Å². The van der Waals surface area contributed by atoms with Crippen LogP contribution in [0.5, 0.6) is 0 Å². The van der Waals surface area contributed by atoms with E-state index in [9.17, 15) is 5.26 Å². The number of hydrogen-bond donors (Lipinski definition) is 1. The summed E-state index contributed by atoms with van der Waals surface area (Å²) in [6.07, 6.45) is 4.24. The summed E-state index contributed by atoms with van der Waals surface area (Å²) < 4.78 is 0. The summed E-state index contributed by atoms with van der Waals surface area (Å²) >= 11 is 2.03. The van der Waals surface area contributed by atoms with Crippen LogP contribution in [0.3, 0.4) is 0 Å². The minimum Gasteiger partial charge on any atom is -0.297 e. The normalized spacial score (nSPS) is 16.3. The minimum atomic E-state index is -0.314. The molecule has 0 fully saturated rings. The maximum Gasteiger partial charge on any atom is 0.106 e. The zero-order valence-electron chi connectivity index (χ0n) is 12.8. The molecule has 0 saturated carbocycles. The Hall–Kier alpha value is -0.200. The molecule has 0 radical (unpaired) electrons. The van der Waals surface area contributed by atoms with Crippen LogP contribution in [0, 0.1) is 17.2 Å². The molecule has 0 aromatic rings. The Morgan fingerprint density at radius 2 is 1.94 bits per heavy atom. The molecule has 0 aromatic heterocycles. The summed E-state index contributed by atoms with van der Waals surface area (Å²) in [7, 11) is 0. The van der Waals surface area contributed by atoms with Gasteiger partial charge in [-0.15, -0.1) is 0 Å². The van der Waals surface area contributed by atoms with Gasteiger partial charge in [0.2, 0.25) is 0 Å². The van der Waals surface area contributed by atoms with Gasteiger partial charge in [-0.05, 0) is 50.5 Å². The quantitative estimate of drug-likeness (QED) is 0.604. The van der Waals surface area contributed by atoms with Gasteiger partial charge in [0, 0.05) is 6.04 Å². The molecule has 0 rings (SSSR count). The molecule has 2 nitrogen and oxygen atoms in total. The van der Waals surface area contributed by atoms with Gasteiger partial charge in [-0.25, -0.2) is 0 Å². The molecule has 106 valence electrons. The number of nitrogens with one attached hydrogen (secondary N) is 1. The highest BCUT2D eigenvalue weighted by Crippen LogP contribution is 2.20. The van der Waals surface area contributed by atoms with E-state index in [1.54, 1.807) is 0 Å². The molecule has 0 amide bonds. The maximum absolute atomic E-state index is 9.39. The van der Waals surface area contributed by atoms with Crippen molar-refractivity contribution in [3.63, 3.8) is 0 Å². The second kappa shape index (κ2) is 9.69. The van der Waals surface area contributed by atoms with Crippen molar-refractivity contribution in [1.29, 1.82) is 5.26 Å². The van der Waals surface area contributed by atoms with Crippen molar-refractivity contribution in [2.75, 3.05) is 11.5 Å². The van der Waals surface area contributed by atoms with Crippen LogP contribution < -0.4 is 5.32 Å². The van der Waals surface area contributed by atoms with Gasteiger partial charge < -0.3 is 0 Å². The molecule has 0 aliphatic rings. The molecule has 2 atom stereocenters. The van der Waals surface area contributed by atoms with Crippen LogP contribution in [0.25, 0.3) is 0 Å². The summed E-state index contributed by atoms with van der Waals surface area (Å²) in [5.41, 5.74) is -0.314. The van der Waals surface area contributed by atoms with Crippen molar-refractivity contribution in [3.8, 4) is 6.07 Å². The Kier molecular flexibility index (Phi) is 9.59. The largest absolute Gasteiger partial charge is 0.297 e. The van der Waals surface area contributed by atoms with Crippen molar-refractivity contribution in [2.45, 2.75) is 71.9 Å². The van der Waals surface area contributed by atoms with E-state index in [0.29, 0.717) is 6.04 Å². The van der Waals surface area contributed by atoms with Crippen LogP contribution in [0.15, 0.2) is 0 Å². The lowest BCUT2D eigenvalue weighted by atomic mass is 9.91. The number of nitriles is 1. The molecule has 0 spiro atoms. The Morgan fingerprint density at radius 1 is 1.28 bits per heavy atom. The first-order valence-electron chi connectivity index (χ1n) is 7.26. The van der Waals surface area contributed by atoms with Crippen molar-refractivity contribution >= 4 is 11.8 Å². The van der Waals surface area contributed by atoms with Gasteiger partial charge in [-0.3, -0.25) is 5.32 Å². The molecule has 18 heavy (non-hydrogen) atoms. The summed E-state index contributed by atoms with van der Waals surface area (Å²) in [6.45, 7) is 10.9. The Balaban J connectivity index is 3.95. The van der Waals surface area contributed by atoms with E-state index < -0.39 is 0 Å². The average molecular weight is 270 g/mol. The van der Waals surface area contributed by atoms with Crippen LogP contribution in [0.1, 0.15) is 60.3 Å². The fourth-order valence-electron chi connectivity index (χ4n) is 1.95. The van der Waals surface area contributed by atoms with Crippen LogP contribution in [0.4, 0.5) is 0 Å². The molecular formula is C15H30N2S. The summed E-state index contributed by atoms with van der Waals surface area (Å²) in [5.74, 6) is 3.24. The van der Waals surface area contributed by atoms with E-state index in [4.69, 9.17) is 0 Å². The van der Waals surface area contributed by atoms with Gasteiger partial charge in [0.15, 0.2) is 0 Å². The molecule has 1 N–H and O–H groups in total. The average Bonchev–Trinajstić information content (AvgIpc) is 2.36. The standard InChI is InChI=1S/C15H30N2S/c1-6-14(5)11-18-10-8-9-15(7-2,12-16)17-13(3)4/h13-14,17H,6-11H2,1-5H3. The van der Waals surface area contributed by atoms with E-state index in [-0.39, 0.29) is 5.54 Å². The molecule has 2 unspecified atom stereocenters. The molecule has 0 saturated heterocycles. The second-order valence-electron chi connectivity index (χ2n) is 5.54. The first-order chi connectivity index (χ1) is 8.49. The highest BCUT2D eigenvalue weighted by molar-refractivity contribution is 7.99. The van der Waals surface area contributed by atoms with Gasteiger partial charge in [0.1, 0.15) is 5.54 Å². The van der Waals surface area contributed by atoms with Gasteiger partial charge in [-0.2, -0.15) is 17.0 Å². The number of rotatable bonds is 10. The van der Waals surface area contributed by atoms with Crippen LogP contribution in [-0.4, -0.2) is 23.1 Å². The van der Waals surface area contributed by atoms with E-state index in [1.807, 2.05) is 11.8 Å². The van der Waals surface area contributed by atoms with Gasteiger partial charge in [0.25, 0.3) is 0 Å². The summed E-state index contributed by atoms with van der Waals surface area (Å²) in [5, 5.41) is 12.8. The zero-order chi connectivity index (χ0) is 14.0. The van der Waals surface area contributed by atoms with Crippen molar-refractivity contribution < 1.29 is 0 Å². The minimum absolute atomic E-state index is 0.314. The molecule has 0 aliphatic heterocycles. The van der Waals surface area contributed by atoms with Gasteiger partial charge in [0.05, 0.1) is 6.07 Å². The van der Waals surface area contributed by atoms with Gasteiger partial charge >= 0.3 is 0 Å². The van der Waals surface area contributed by atoms with Crippen LogP contribution >= 0.6 is 11.8 Å². The fourth-order valence-corrected chi connectivity index (χ4v) is 3.10. The lowest BCUT2D eigenvalue weighted by Gasteiger charge is -2.29. The van der Waals surface area contributed by atoms with E-state index >= 15 is 0 Å². The zero-order valence-corrected chi connectivity index (χ0v) is 13.6. The third-order valence-electron chi connectivity index (χ3n) is 3.37. The Morgan fingerprint density at radius 3 is 2.39 bits per heavy atom. The number of thioether (sulfide) groups is 1. The van der Waals surface area contributed by atoms with Crippen molar-refractivity contribution in [1.82, 2.24) is 5.32 Å². The van der Waals surface area contributed by atoms with Crippen molar-refractivity contribution in [3.05, 3.63) is 0 Å². The first kappa shape index (κ1) is 17.8. The molecular weight excluding hydrogens is 240 g/mol. The molecule has 0 aliphatic carbocycles. The highest BCUT2D eigenvalue weighted by Gasteiger charge is 2.27. The topological polar surface area (TPSA) is 35.8 Å². The number of hydrogen-bond acceptors (Lipinski definition) is 3. The molecule has 0 heterocycles. The van der Waals surface area contributed by atoms with E-state index in [0.717, 1.165) is 25.2 Å². The molecule has 0 aromatic carbocycles. The highest BCUT2D eigenvalue weighted by atomic mass is 32.2. The molecule has 0 bridgehead atoms.